The molecule has 9 heteroatoms. The Hall–Kier alpha value is -2.48. The van der Waals surface area contributed by atoms with Crippen molar-refractivity contribution in [3.8, 4) is 0 Å². The number of halogens is 2. The summed E-state index contributed by atoms with van der Waals surface area (Å²) >= 11 is 12.5. The molecule has 1 fully saturated rings. The van der Waals surface area contributed by atoms with Crippen LogP contribution in [0, 0.1) is 6.92 Å². The molecule has 180 valence electrons. The number of hydrogen-bond acceptors (Lipinski definition) is 5. The van der Waals surface area contributed by atoms with Crippen LogP contribution in [0.25, 0.3) is 16.7 Å². The van der Waals surface area contributed by atoms with Gasteiger partial charge in [-0.05, 0) is 76.4 Å². The van der Waals surface area contributed by atoms with Gasteiger partial charge in [-0.25, -0.2) is 14.6 Å². The zero-order valence-corrected chi connectivity index (χ0v) is 21.3. The number of amides is 1. The molecule has 0 aliphatic carbocycles. The first-order valence-corrected chi connectivity index (χ1v) is 12.4. The van der Waals surface area contributed by atoms with Crippen LogP contribution in [0.3, 0.4) is 0 Å². The largest absolute Gasteiger partial charge is 0.339 e. The van der Waals surface area contributed by atoms with Gasteiger partial charge in [-0.15, -0.1) is 0 Å². The summed E-state index contributed by atoms with van der Waals surface area (Å²) < 4.78 is 1.86. The summed E-state index contributed by atoms with van der Waals surface area (Å²) in [4.78, 5) is 22.4. The Morgan fingerprint density at radius 1 is 1.24 bits per heavy atom. The molecule has 4 heterocycles. The summed E-state index contributed by atoms with van der Waals surface area (Å²) in [6.45, 7) is 9.12. The van der Waals surface area contributed by atoms with Gasteiger partial charge in [0.15, 0.2) is 5.65 Å². The van der Waals surface area contributed by atoms with E-state index in [-0.39, 0.29) is 12.1 Å². The van der Waals surface area contributed by atoms with Crippen molar-refractivity contribution in [1.29, 1.82) is 0 Å². The number of hydrogen-bond donors (Lipinski definition) is 1. The number of rotatable bonds is 4. The maximum absolute atomic E-state index is 11.1. The molecule has 1 aromatic carbocycles. The van der Waals surface area contributed by atoms with E-state index in [1.165, 1.54) is 25.9 Å². The van der Waals surface area contributed by atoms with Crippen LogP contribution in [0.2, 0.25) is 10.0 Å². The lowest BCUT2D eigenvalue weighted by Gasteiger charge is -2.28. The van der Waals surface area contributed by atoms with E-state index in [9.17, 15) is 4.79 Å². The van der Waals surface area contributed by atoms with Gasteiger partial charge in [-0.2, -0.15) is 5.10 Å². The van der Waals surface area contributed by atoms with Crippen molar-refractivity contribution in [1.82, 2.24) is 30.0 Å². The van der Waals surface area contributed by atoms with Crippen molar-refractivity contribution in [2.24, 2.45) is 0 Å². The van der Waals surface area contributed by atoms with Gasteiger partial charge in [0.2, 0.25) is 6.41 Å². The van der Waals surface area contributed by atoms with E-state index in [0.29, 0.717) is 22.2 Å². The van der Waals surface area contributed by atoms with Gasteiger partial charge in [0.25, 0.3) is 0 Å². The third-order valence-electron chi connectivity index (χ3n) is 6.38. The molecule has 5 rings (SSSR count). The van der Waals surface area contributed by atoms with Crippen molar-refractivity contribution in [2.75, 3.05) is 19.6 Å². The molecule has 2 aliphatic rings. The number of fused-ring (bicyclic) bond motifs is 1. The number of aryl methyl sites for hydroxylation is 1. The topological polar surface area (TPSA) is 75.9 Å². The van der Waals surface area contributed by atoms with Crippen LogP contribution in [0.15, 0.2) is 30.5 Å². The SMILES string of the molecule is C1CCNC1.Cc1nn([C@H](C)c2ccc(Cl)cc2Cl)c2nc(C3=C[C@H](C)N(C=O)CC3)cnc12. The van der Waals surface area contributed by atoms with Crippen molar-refractivity contribution in [3.63, 3.8) is 0 Å². The maximum Gasteiger partial charge on any atom is 0.210 e. The number of carbonyl (C=O) groups is 1. The summed E-state index contributed by atoms with van der Waals surface area (Å²) in [6.07, 6.45) is 8.27. The van der Waals surface area contributed by atoms with Gasteiger partial charge < -0.3 is 10.2 Å². The zero-order valence-electron chi connectivity index (χ0n) is 19.8. The smallest absolute Gasteiger partial charge is 0.210 e. The third-order valence-corrected chi connectivity index (χ3v) is 6.94. The first-order chi connectivity index (χ1) is 16.4. The number of benzene rings is 1. The summed E-state index contributed by atoms with van der Waals surface area (Å²) in [5.41, 5.74) is 5.11. The first kappa shape index (κ1) is 24.6. The second-order valence-corrected chi connectivity index (χ2v) is 9.63. The van der Waals surface area contributed by atoms with Gasteiger partial charge in [-0.1, -0.05) is 35.3 Å². The molecule has 0 spiro atoms. The molecule has 3 aromatic rings. The summed E-state index contributed by atoms with van der Waals surface area (Å²) in [5.74, 6) is 0. The highest BCUT2D eigenvalue weighted by atomic mass is 35.5. The molecule has 0 bridgehead atoms. The summed E-state index contributed by atoms with van der Waals surface area (Å²) in [5, 5.41) is 9.09. The maximum atomic E-state index is 11.1. The molecule has 2 aromatic heterocycles. The fourth-order valence-electron chi connectivity index (χ4n) is 4.36. The number of nitrogens with zero attached hydrogens (tertiary/aromatic N) is 5. The molecule has 0 saturated carbocycles. The Labute approximate surface area is 210 Å². The summed E-state index contributed by atoms with van der Waals surface area (Å²) in [6, 6.07) is 5.37. The van der Waals surface area contributed by atoms with Crippen LogP contribution < -0.4 is 5.32 Å². The molecule has 2 aliphatic heterocycles. The first-order valence-electron chi connectivity index (χ1n) is 11.7. The van der Waals surface area contributed by atoms with Gasteiger partial charge in [0, 0.05) is 22.6 Å². The molecular formula is C25H30Cl2N6O. The lowest BCUT2D eigenvalue weighted by molar-refractivity contribution is -0.119. The molecule has 0 radical (unpaired) electrons. The molecule has 7 nitrogen and oxygen atoms in total. The van der Waals surface area contributed by atoms with E-state index in [0.717, 1.165) is 40.9 Å². The average molecular weight is 501 g/mol. The number of aromatic nitrogens is 4. The molecule has 2 atom stereocenters. The molecule has 1 N–H and O–H groups in total. The monoisotopic (exact) mass is 500 g/mol. The van der Waals surface area contributed by atoms with Crippen LogP contribution in [0.5, 0.6) is 0 Å². The Bertz CT molecular complexity index is 1200. The number of nitrogens with one attached hydrogen (secondary N) is 1. The average Bonchev–Trinajstić information content (AvgIpc) is 3.51. The predicted octanol–water partition coefficient (Wildman–Crippen LogP) is 5.05. The van der Waals surface area contributed by atoms with Crippen molar-refractivity contribution in [2.45, 2.75) is 52.1 Å². The normalized spacial score (nSPS) is 18.9. The van der Waals surface area contributed by atoms with Gasteiger partial charge in [-0.3, -0.25) is 4.79 Å². The number of carbonyl (C=O) groups excluding carboxylic acids is 1. The van der Waals surface area contributed by atoms with Crippen LogP contribution in [-0.2, 0) is 4.79 Å². The molecule has 34 heavy (non-hydrogen) atoms. The van der Waals surface area contributed by atoms with Crippen LogP contribution in [0.1, 0.15) is 56.1 Å². The minimum absolute atomic E-state index is 0.0344. The van der Waals surface area contributed by atoms with E-state index in [2.05, 4.69) is 21.5 Å². The third kappa shape index (κ3) is 5.27. The van der Waals surface area contributed by atoms with E-state index >= 15 is 0 Å². The highest BCUT2D eigenvalue weighted by molar-refractivity contribution is 6.35. The molecule has 0 unspecified atom stereocenters. The second kappa shape index (κ2) is 10.8. The highest BCUT2D eigenvalue weighted by Gasteiger charge is 2.22. The van der Waals surface area contributed by atoms with Crippen LogP contribution >= 0.6 is 23.2 Å². The van der Waals surface area contributed by atoms with E-state index in [1.807, 2.05) is 37.6 Å². The minimum atomic E-state index is -0.134. The van der Waals surface area contributed by atoms with Crippen molar-refractivity contribution < 1.29 is 4.79 Å². The highest BCUT2D eigenvalue weighted by Crippen LogP contribution is 2.31. The summed E-state index contributed by atoms with van der Waals surface area (Å²) in [7, 11) is 0. The quantitative estimate of drug-likeness (QED) is 0.506. The van der Waals surface area contributed by atoms with Crippen molar-refractivity contribution in [3.05, 3.63) is 57.5 Å². The second-order valence-electron chi connectivity index (χ2n) is 8.78. The Morgan fingerprint density at radius 2 is 2.00 bits per heavy atom. The van der Waals surface area contributed by atoms with Gasteiger partial charge >= 0.3 is 0 Å². The zero-order chi connectivity index (χ0) is 24.2. The van der Waals surface area contributed by atoms with Crippen LogP contribution in [0.4, 0.5) is 0 Å². The minimum Gasteiger partial charge on any atom is -0.339 e. The lowest BCUT2D eigenvalue weighted by atomic mass is 10.0. The van der Waals surface area contributed by atoms with Gasteiger partial charge in [0.05, 0.1) is 23.6 Å². The molecular weight excluding hydrogens is 471 g/mol. The van der Waals surface area contributed by atoms with Crippen molar-refractivity contribution >= 4 is 46.3 Å². The Kier molecular flexibility index (Phi) is 7.86. The van der Waals surface area contributed by atoms with E-state index < -0.39 is 0 Å². The molecule has 1 amide bonds. The predicted molar refractivity (Wildman–Crippen MR) is 137 cm³/mol. The Morgan fingerprint density at radius 3 is 2.62 bits per heavy atom. The Balaban J connectivity index is 0.000000486. The fourth-order valence-corrected chi connectivity index (χ4v) is 4.92. The van der Waals surface area contributed by atoms with Gasteiger partial charge in [0.1, 0.15) is 5.52 Å². The van der Waals surface area contributed by atoms with E-state index in [4.69, 9.17) is 28.2 Å². The lowest BCUT2D eigenvalue weighted by Crippen LogP contribution is -2.34. The van der Waals surface area contributed by atoms with Crippen LogP contribution in [-0.4, -0.2) is 56.7 Å². The molecule has 1 saturated heterocycles. The van der Waals surface area contributed by atoms with E-state index in [1.54, 1.807) is 17.2 Å². The fraction of sp³-hybridized carbons (Fsp3) is 0.440. The standard InChI is InChI=1S/C21H21Cl2N5O.C4H9N/c1-12-8-15(6-7-27(12)11-29)19-10-24-20-13(2)26-28(21(20)25-19)14(3)17-5-4-16(22)9-18(17)23;1-2-4-5-3-1/h4-5,8-12,14H,6-7H2,1-3H3;5H,1-4H2/t12-,14+;/m0./s1.